The molecule has 1 aliphatic heterocycles. The molecule has 0 aromatic rings. The van der Waals surface area contributed by atoms with Crippen molar-refractivity contribution >= 4 is 5.97 Å². The lowest BCUT2D eigenvalue weighted by Crippen LogP contribution is -2.53. The molecule has 1 rings (SSSR count). The third-order valence-electron chi connectivity index (χ3n) is 4.73. The number of nitrogens with one attached hydrogen (secondary N) is 1. The lowest BCUT2D eigenvalue weighted by molar-refractivity contribution is -0.145. The third kappa shape index (κ3) is 5.57. The fourth-order valence-corrected chi connectivity index (χ4v) is 3.15. The first-order valence-corrected chi connectivity index (χ1v) is 8.15. The van der Waals surface area contributed by atoms with Crippen molar-refractivity contribution in [2.24, 2.45) is 5.92 Å². The molecule has 5 heteroatoms. The van der Waals surface area contributed by atoms with E-state index in [1.54, 1.807) is 6.92 Å². The highest BCUT2D eigenvalue weighted by atomic mass is 16.4. The Morgan fingerprint density at radius 3 is 2.71 bits per heavy atom. The Kier molecular flexibility index (Phi) is 7.10. The summed E-state index contributed by atoms with van der Waals surface area (Å²) in [5, 5.41) is 12.7. The number of nitrogens with zero attached hydrogens (tertiary/aromatic N) is 2. The summed E-state index contributed by atoms with van der Waals surface area (Å²) in [6, 6.07) is 0.251. The molecule has 0 spiro atoms. The molecule has 1 saturated heterocycles. The summed E-state index contributed by atoms with van der Waals surface area (Å²) in [5.41, 5.74) is -0.837. The van der Waals surface area contributed by atoms with Gasteiger partial charge in [0.25, 0.3) is 0 Å². The molecule has 0 aromatic carbocycles. The minimum Gasteiger partial charge on any atom is -0.480 e. The highest BCUT2D eigenvalue weighted by Crippen LogP contribution is 2.20. The zero-order valence-electron chi connectivity index (χ0n) is 14.4. The van der Waals surface area contributed by atoms with Gasteiger partial charge in [0.15, 0.2) is 0 Å². The van der Waals surface area contributed by atoms with Gasteiger partial charge in [-0.1, -0.05) is 6.92 Å². The molecule has 0 bridgehead atoms. The van der Waals surface area contributed by atoms with Crippen LogP contribution in [0, 0.1) is 5.92 Å². The zero-order valence-corrected chi connectivity index (χ0v) is 14.4. The summed E-state index contributed by atoms with van der Waals surface area (Å²) in [4.78, 5) is 16.3. The van der Waals surface area contributed by atoms with Crippen molar-refractivity contribution in [1.82, 2.24) is 15.1 Å². The van der Waals surface area contributed by atoms with E-state index in [2.05, 4.69) is 43.1 Å². The summed E-state index contributed by atoms with van der Waals surface area (Å²) < 4.78 is 0. The average Bonchev–Trinajstić information content (AvgIpc) is 2.81. The molecule has 1 aliphatic rings. The molecule has 124 valence electrons. The van der Waals surface area contributed by atoms with Gasteiger partial charge in [0.2, 0.25) is 0 Å². The smallest absolute Gasteiger partial charge is 0.323 e. The number of hydrogen-bond acceptors (Lipinski definition) is 4. The number of aliphatic carboxylic acids is 1. The van der Waals surface area contributed by atoms with Crippen molar-refractivity contribution in [2.75, 3.05) is 40.3 Å². The maximum atomic E-state index is 11.6. The van der Waals surface area contributed by atoms with E-state index in [1.807, 2.05) is 0 Å². The molecule has 1 heterocycles. The molecular formula is C16H33N3O2. The van der Waals surface area contributed by atoms with Crippen LogP contribution >= 0.6 is 0 Å². The van der Waals surface area contributed by atoms with E-state index < -0.39 is 11.5 Å². The van der Waals surface area contributed by atoms with E-state index >= 15 is 0 Å². The lowest BCUT2D eigenvalue weighted by Gasteiger charge is -2.34. The number of carboxylic acid groups (broad SMARTS) is 1. The first-order valence-electron chi connectivity index (χ1n) is 8.15. The van der Waals surface area contributed by atoms with Gasteiger partial charge < -0.3 is 20.2 Å². The molecular weight excluding hydrogens is 266 g/mol. The SMILES string of the molecule is CCCNC(C)(CC(C)N(C)CC1CCN(C)C1)C(=O)O. The van der Waals surface area contributed by atoms with Gasteiger partial charge in [-0.2, -0.15) is 0 Å². The van der Waals surface area contributed by atoms with Gasteiger partial charge in [0.1, 0.15) is 5.54 Å². The topological polar surface area (TPSA) is 55.8 Å². The number of likely N-dealkylation sites (tertiary alicyclic amines) is 1. The number of carboxylic acids is 1. The van der Waals surface area contributed by atoms with Gasteiger partial charge in [-0.05, 0) is 66.2 Å². The van der Waals surface area contributed by atoms with E-state index in [9.17, 15) is 9.90 Å². The Morgan fingerprint density at radius 2 is 2.24 bits per heavy atom. The second kappa shape index (κ2) is 8.11. The van der Waals surface area contributed by atoms with Crippen LogP contribution in [-0.2, 0) is 4.79 Å². The number of rotatable bonds is 9. The van der Waals surface area contributed by atoms with Crippen molar-refractivity contribution < 1.29 is 9.90 Å². The largest absolute Gasteiger partial charge is 0.480 e. The van der Waals surface area contributed by atoms with Crippen LogP contribution in [0.15, 0.2) is 0 Å². The van der Waals surface area contributed by atoms with Crippen LogP contribution < -0.4 is 5.32 Å². The average molecular weight is 299 g/mol. The van der Waals surface area contributed by atoms with Gasteiger partial charge in [0.05, 0.1) is 0 Å². The van der Waals surface area contributed by atoms with Crippen molar-refractivity contribution in [3.8, 4) is 0 Å². The number of carbonyl (C=O) groups is 1. The van der Waals surface area contributed by atoms with E-state index in [0.29, 0.717) is 12.3 Å². The van der Waals surface area contributed by atoms with E-state index in [0.717, 1.165) is 26.1 Å². The summed E-state index contributed by atoms with van der Waals surface area (Å²) in [6.07, 6.45) is 2.82. The first kappa shape index (κ1) is 18.4. The first-order chi connectivity index (χ1) is 9.78. The quantitative estimate of drug-likeness (QED) is 0.675. The molecule has 2 N–H and O–H groups in total. The van der Waals surface area contributed by atoms with Crippen LogP contribution in [0.25, 0.3) is 0 Å². The molecule has 0 radical (unpaired) electrons. The monoisotopic (exact) mass is 299 g/mol. The highest BCUT2D eigenvalue weighted by molar-refractivity contribution is 5.78. The van der Waals surface area contributed by atoms with Crippen molar-refractivity contribution in [3.05, 3.63) is 0 Å². The van der Waals surface area contributed by atoms with Crippen LogP contribution in [0.5, 0.6) is 0 Å². The molecule has 21 heavy (non-hydrogen) atoms. The minimum atomic E-state index is -0.837. The molecule has 1 fully saturated rings. The van der Waals surface area contributed by atoms with Crippen LogP contribution in [0.2, 0.25) is 0 Å². The van der Waals surface area contributed by atoms with Gasteiger partial charge in [0, 0.05) is 19.1 Å². The van der Waals surface area contributed by atoms with E-state index in [-0.39, 0.29) is 6.04 Å². The van der Waals surface area contributed by atoms with Crippen molar-refractivity contribution in [2.45, 2.75) is 51.6 Å². The lowest BCUT2D eigenvalue weighted by atomic mass is 9.92. The maximum absolute atomic E-state index is 11.6. The Bertz CT molecular complexity index is 337. The fraction of sp³-hybridized carbons (Fsp3) is 0.938. The molecule has 0 aliphatic carbocycles. The van der Waals surface area contributed by atoms with Gasteiger partial charge in [-0.3, -0.25) is 4.79 Å². The van der Waals surface area contributed by atoms with E-state index in [4.69, 9.17) is 0 Å². The van der Waals surface area contributed by atoms with Crippen LogP contribution in [0.3, 0.4) is 0 Å². The second-order valence-electron chi connectivity index (χ2n) is 6.97. The highest BCUT2D eigenvalue weighted by Gasteiger charge is 2.35. The molecule has 0 saturated carbocycles. The molecule has 0 amide bonds. The second-order valence-corrected chi connectivity index (χ2v) is 6.97. The maximum Gasteiger partial charge on any atom is 0.323 e. The van der Waals surface area contributed by atoms with Crippen molar-refractivity contribution in [3.63, 3.8) is 0 Å². The number of hydrogen-bond donors (Lipinski definition) is 2. The standard InChI is InChI=1S/C16H33N3O2/c1-6-8-17-16(3,15(20)21)10-13(2)19(5)12-14-7-9-18(4)11-14/h13-14,17H,6-12H2,1-5H3,(H,20,21). The Labute approximate surface area is 129 Å². The van der Waals surface area contributed by atoms with Crippen LogP contribution in [0.1, 0.15) is 40.0 Å². The Balaban J connectivity index is 2.51. The van der Waals surface area contributed by atoms with E-state index in [1.165, 1.54) is 13.0 Å². The van der Waals surface area contributed by atoms with Crippen LogP contribution in [-0.4, -0.2) is 72.7 Å². The van der Waals surface area contributed by atoms with Crippen LogP contribution in [0.4, 0.5) is 0 Å². The predicted molar refractivity (Wildman–Crippen MR) is 86.6 cm³/mol. The van der Waals surface area contributed by atoms with Gasteiger partial charge in [-0.15, -0.1) is 0 Å². The van der Waals surface area contributed by atoms with Crippen molar-refractivity contribution in [1.29, 1.82) is 0 Å². The summed E-state index contributed by atoms with van der Waals surface area (Å²) in [7, 11) is 4.28. The summed E-state index contributed by atoms with van der Waals surface area (Å²) in [6.45, 7) is 10.1. The summed E-state index contributed by atoms with van der Waals surface area (Å²) in [5.74, 6) is -0.0427. The third-order valence-corrected chi connectivity index (χ3v) is 4.73. The Morgan fingerprint density at radius 1 is 1.57 bits per heavy atom. The molecule has 3 unspecified atom stereocenters. The molecule has 5 nitrogen and oxygen atoms in total. The predicted octanol–water partition coefficient (Wildman–Crippen LogP) is 1.49. The fourth-order valence-electron chi connectivity index (χ4n) is 3.15. The summed E-state index contributed by atoms with van der Waals surface area (Å²) >= 11 is 0. The molecule has 3 atom stereocenters. The zero-order chi connectivity index (χ0) is 16.0. The van der Waals surface area contributed by atoms with Gasteiger partial charge >= 0.3 is 5.97 Å². The Hall–Kier alpha value is -0.650. The molecule has 0 aromatic heterocycles. The normalized spacial score (nSPS) is 24.2. The minimum absolute atomic E-state index is 0.251. The van der Waals surface area contributed by atoms with Gasteiger partial charge in [-0.25, -0.2) is 0 Å².